The van der Waals surface area contributed by atoms with Crippen LogP contribution >= 0.6 is 0 Å². The van der Waals surface area contributed by atoms with Gasteiger partial charge in [0.05, 0.1) is 0 Å². The van der Waals surface area contributed by atoms with E-state index in [-0.39, 0.29) is 12.1 Å². The number of amides is 2. The van der Waals surface area contributed by atoms with Crippen LogP contribution in [0.2, 0.25) is 0 Å². The van der Waals surface area contributed by atoms with Crippen molar-refractivity contribution < 1.29 is 14.7 Å². The molecular weight excluding hydrogens is 196 g/mol. The minimum atomic E-state index is -1.03. The molecule has 0 saturated carbocycles. The molecule has 0 heterocycles. The van der Waals surface area contributed by atoms with Crippen LogP contribution in [0.25, 0.3) is 0 Å². The van der Waals surface area contributed by atoms with Crippen molar-refractivity contribution in [2.24, 2.45) is 5.92 Å². The third-order valence-corrected chi connectivity index (χ3v) is 2.61. The van der Waals surface area contributed by atoms with E-state index < -0.39 is 12.0 Å². The number of rotatable bonds is 4. The Labute approximate surface area is 90.5 Å². The summed E-state index contributed by atoms with van der Waals surface area (Å²) in [6, 6.07) is -1.14. The number of carboxylic acid groups (broad SMARTS) is 1. The van der Waals surface area contributed by atoms with Crippen LogP contribution in [0.3, 0.4) is 0 Å². The van der Waals surface area contributed by atoms with Gasteiger partial charge in [-0.05, 0) is 19.8 Å². The Hall–Kier alpha value is -1.26. The number of urea groups is 1. The predicted molar refractivity (Wildman–Crippen MR) is 57.7 cm³/mol. The molecule has 2 N–H and O–H groups in total. The first-order valence-electron chi connectivity index (χ1n) is 5.03. The van der Waals surface area contributed by atoms with Crippen molar-refractivity contribution in [3.05, 3.63) is 0 Å². The zero-order chi connectivity index (χ0) is 12.2. The molecule has 5 nitrogen and oxygen atoms in total. The number of nitrogens with zero attached hydrogens (tertiary/aromatic N) is 1. The molecule has 5 heteroatoms. The van der Waals surface area contributed by atoms with Crippen molar-refractivity contribution in [2.75, 3.05) is 7.05 Å². The maximum Gasteiger partial charge on any atom is 0.325 e. The molecule has 0 rings (SSSR count). The zero-order valence-corrected chi connectivity index (χ0v) is 9.94. The molecule has 0 fully saturated rings. The Balaban J connectivity index is 4.27. The van der Waals surface area contributed by atoms with Crippen LogP contribution in [-0.4, -0.2) is 41.1 Å². The van der Waals surface area contributed by atoms with Crippen molar-refractivity contribution in [2.45, 2.75) is 39.8 Å². The first kappa shape index (κ1) is 13.7. The number of carbonyl (C=O) groups excluding carboxylic acids is 1. The van der Waals surface area contributed by atoms with Gasteiger partial charge in [0.25, 0.3) is 0 Å². The van der Waals surface area contributed by atoms with Crippen molar-refractivity contribution in [1.82, 2.24) is 10.2 Å². The summed E-state index contributed by atoms with van der Waals surface area (Å²) in [6.45, 7) is 7.38. The normalized spacial score (nSPS) is 14.5. The highest BCUT2D eigenvalue weighted by atomic mass is 16.4. The first-order chi connectivity index (χ1) is 6.77. The smallest absolute Gasteiger partial charge is 0.325 e. The van der Waals surface area contributed by atoms with E-state index in [1.807, 2.05) is 20.8 Å². The predicted octanol–water partition coefficient (Wildman–Crippen LogP) is 1.15. The molecular formula is C10H20N2O3. The fraction of sp³-hybridized carbons (Fsp3) is 0.800. The summed E-state index contributed by atoms with van der Waals surface area (Å²) in [4.78, 5) is 23.6. The van der Waals surface area contributed by atoms with Gasteiger partial charge in [0.2, 0.25) is 0 Å². The number of carbonyl (C=O) groups is 2. The van der Waals surface area contributed by atoms with Gasteiger partial charge in [-0.1, -0.05) is 13.8 Å². The molecule has 2 amide bonds. The second kappa shape index (κ2) is 5.58. The van der Waals surface area contributed by atoms with Crippen LogP contribution in [0.4, 0.5) is 4.79 Å². The largest absolute Gasteiger partial charge is 0.480 e. The maximum atomic E-state index is 11.6. The Morgan fingerprint density at radius 1 is 1.20 bits per heavy atom. The van der Waals surface area contributed by atoms with Gasteiger partial charge in [-0.2, -0.15) is 0 Å². The fourth-order valence-corrected chi connectivity index (χ4v) is 0.981. The second-order valence-electron chi connectivity index (χ2n) is 4.10. The van der Waals surface area contributed by atoms with Crippen LogP contribution < -0.4 is 5.32 Å². The van der Waals surface area contributed by atoms with Gasteiger partial charge in [-0.25, -0.2) is 4.79 Å². The molecule has 0 spiro atoms. The molecule has 0 aromatic rings. The van der Waals surface area contributed by atoms with E-state index in [0.717, 1.165) is 0 Å². The van der Waals surface area contributed by atoms with E-state index in [0.29, 0.717) is 5.92 Å². The topological polar surface area (TPSA) is 69.6 Å². The highest BCUT2D eigenvalue weighted by Gasteiger charge is 2.21. The van der Waals surface area contributed by atoms with Crippen LogP contribution in [0, 0.1) is 5.92 Å². The minimum absolute atomic E-state index is 0.0750. The third kappa shape index (κ3) is 4.18. The second-order valence-corrected chi connectivity index (χ2v) is 4.10. The van der Waals surface area contributed by atoms with E-state index in [9.17, 15) is 9.59 Å². The van der Waals surface area contributed by atoms with Crippen LogP contribution in [-0.2, 0) is 4.79 Å². The van der Waals surface area contributed by atoms with Gasteiger partial charge in [0, 0.05) is 13.1 Å². The molecule has 0 aromatic carbocycles. The summed E-state index contributed by atoms with van der Waals surface area (Å²) >= 11 is 0. The van der Waals surface area contributed by atoms with Gasteiger partial charge in [0.1, 0.15) is 6.04 Å². The average molecular weight is 216 g/mol. The lowest BCUT2D eigenvalue weighted by Gasteiger charge is -2.28. The summed E-state index contributed by atoms with van der Waals surface area (Å²) in [6.07, 6.45) is 0. The van der Waals surface area contributed by atoms with E-state index in [1.165, 1.54) is 11.8 Å². The number of aliphatic carboxylic acids is 1. The summed E-state index contributed by atoms with van der Waals surface area (Å²) in [5.74, 6) is -0.699. The highest BCUT2D eigenvalue weighted by Crippen LogP contribution is 2.07. The van der Waals surface area contributed by atoms with Gasteiger partial charge >= 0.3 is 12.0 Å². The first-order valence-corrected chi connectivity index (χ1v) is 5.03. The molecule has 0 saturated heterocycles. The Morgan fingerprint density at radius 2 is 1.67 bits per heavy atom. The van der Waals surface area contributed by atoms with Crippen LogP contribution in [0.15, 0.2) is 0 Å². The Kier molecular flexibility index (Phi) is 5.11. The van der Waals surface area contributed by atoms with Crippen molar-refractivity contribution in [1.29, 1.82) is 0 Å². The minimum Gasteiger partial charge on any atom is -0.480 e. The summed E-state index contributed by atoms with van der Waals surface area (Å²) in [5, 5.41) is 11.0. The van der Waals surface area contributed by atoms with Gasteiger partial charge < -0.3 is 15.3 Å². The number of nitrogens with one attached hydrogen (secondary N) is 1. The Morgan fingerprint density at radius 3 is 2.00 bits per heavy atom. The zero-order valence-electron chi connectivity index (χ0n) is 9.94. The van der Waals surface area contributed by atoms with E-state index >= 15 is 0 Å². The summed E-state index contributed by atoms with van der Waals surface area (Å²) < 4.78 is 0. The lowest BCUT2D eigenvalue weighted by molar-refractivity contribution is -0.138. The molecule has 0 aliphatic heterocycles. The molecule has 0 aliphatic carbocycles. The number of hydrogen-bond acceptors (Lipinski definition) is 2. The van der Waals surface area contributed by atoms with E-state index in [4.69, 9.17) is 5.11 Å². The maximum absolute atomic E-state index is 11.6. The Bertz CT molecular complexity index is 241. The monoisotopic (exact) mass is 216 g/mol. The molecule has 0 aromatic heterocycles. The quantitative estimate of drug-likeness (QED) is 0.740. The van der Waals surface area contributed by atoms with Crippen molar-refractivity contribution in [3.63, 3.8) is 0 Å². The molecule has 0 bridgehead atoms. The summed E-state index contributed by atoms with van der Waals surface area (Å²) in [7, 11) is 1.66. The molecule has 88 valence electrons. The van der Waals surface area contributed by atoms with Crippen molar-refractivity contribution >= 4 is 12.0 Å². The molecule has 2 unspecified atom stereocenters. The van der Waals surface area contributed by atoms with Crippen LogP contribution in [0.5, 0.6) is 0 Å². The lowest BCUT2D eigenvalue weighted by atomic mass is 10.1. The van der Waals surface area contributed by atoms with Gasteiger partial charge in [-0.3, -0.25) is 4.79 Å². The number of hydrogen-bond donors (Lipinski definition) is 2. The SMILES string of the molecule is CC(NC(=O)N(C)C(C)C(C)C)C(=O)O. The molecule has 0 aliphatic rings. The van der Waals surface area contributed by atoms with E-state index in [1.54, 1.807) is 7.05 Å². The summed E-state index contributed by atoms with van der Waals surface area (Å²) in [5.41, 5.74) is 0. The van der Waals surface area contributed by atoms with Crippen LogP contribution in [0.1, 0.15) is 27.7 Å². The highest BCUT2D eigenvalue weighted by molar-refractivity contribution is 5.82. The lowest BCUT2D eigenvalue weighted by Crippen LogP contribution is -2.49. The number of carboxylic acids is 1. The van der Waals surface area contributed by atoms with Gasteiger partial charge in [0.15, 0.2) is 0 Å². The van der Waals surface area contributed by atoms with E-state index in [2.05, 4.69) is 5.32 Å². The molecule has 0 radical (unpaired) electrons. The third-order valence-electron chi connectivity index (χ3n) is 2.61. The van der Waals surface area contributed by atoms with Gasteiger partial charge in [-0.15, -0.1) is 0 Å². The van der Waals surface area contributed by atoms with Crippen molar-refractivity contribution in [3.8, 4) is 0 Å². The molecule has 15 heavy (non-hydrogen) atoms. The fourth-order valence-electron chi connectivity index (χ4n) is 0.981. The molecule has 2 atom stereocenters. The average Bonchev–Trinajstić information content (AvgIpc) is 2.14. The standard InChI is InChI=1S/C10H20N2O3/c1-6(2)8(4)12(5)10(15)11-7(3)9(13)14/h6-8H,1-5H3,(H,11,15)(H,13,14).